The van der Waals surface area contributed by atoms with Crippen LogP contribution in [-0.4, -0.2) is 25.2 Å². The van der Waals surface area contributed by atoms with Gasteiger partial charge in [-0.25, -0.2) is 13.2 Å². The molecule has 1 atom stereocenters. The van der Waals surface area contributed by atoms with Crippen LogP contribution < -0.4 is 10.6 Å². The second-order valence-electron chi connectivity index (χ2n) is 5.06. The zero-order valence-corrected chi connectivity index (χ0v) is 12.5. The molecule has 1 aliphatic heterocycles. The number of pyridine rings is 1. The average Bonchev–Trinajstić information content (AvgIpc) is 2.78. The van der Waals surface area contributed by atoms with E-state index in [9.17, 15) is 13.2 Å². The Labute approximate surface area is 128 Å². The first kappa shape index (κ1) is 14.5. The van der Waals surface area contributed by atoms with E-state index in [1.54, 1.807) is 42.7 Å². The number of carbonyl (C=O) groups excluding carboxylic acids is 1. The number of carbonyl (C=O) groups is 1. The normalized spacial score (nSPS) is 18.5. The van der Waals surface area contributed by atoms with E-state index < -0.39 is 21.9 Å². The predicted molar refractivity (Wildman–Crippen MR) is 80.8 cm³/mol. The maximum atomic E-state index is 12.0. The van der Waals surface area contributed by atoms with Crippen LogP contribution >= 0.6 is 0 Å². The number of urea groups is 1. The molecule has 114 valence electrons. The lowest BCUT2D eigenvalue weighted by atomic mass is 10.1. The van der Waals surface area contributed by atoms with Gasteiger partial charge >= 0.3 is 6.03 Å². The van der Waals surface area contributed by atoms with Crippen molar-refractivity contribution in [3.05, 3.63) is 59.9 Å². The second kappa shape index (κ2) is 5.76. The summed E-state index contributed by atoms with van der Waals surface area (Å²) in [6, 6.07) is 9.46. The number of nitrogens with zero attached hydrogens (tertiary/aromatic N) is 1. The molecule has 7 heteroatoms. The number of aromatic nitrogens is 1. The molecular formula is C15H15N3O3S. The number of hydrogen-bond donors (Lipinski definition) is 2. The molecule has 1 aromatic carbocycles. The van der Waals surface area contributed by atoms with E-state index in [1.165, 1.54) is 0 Å². The minimum absolute atomic E-state index is 0.105. The number of amides is 2. The molecule has 0 saturated carbocycles. The Kier molecular flexibility index (Phi) is 3.81. The van der Waals surface area contributed by atoms with Crippen LogP contribution in [0.3, 0.4) is 0 Å². The van der Waals surface area contributed by atoms with Crippen molar-refractivity contribution in [3.63, 3.8) is 0 Å². The van der Waals surface area contributed by atoms with Gasteiger partial charge in [0, 0.05) is 18.9 Å². The van der Waals surface area contributed by atoms with Crippen molar-refractivity contribution in [3.8, 4) is 0 Å². The fraction of sp³-hybridized carbons (Fsp3) is 0.200. The average molecular weight is 317 g/mol. The van der Waals surface area contributed by atoms with Gasteiger partial charge in [-0.15, -0.1) is 0 Å². The topological polar surface area (TPSA) is 88.2 Å². The zero-order valence-electron chi connectivity index (χ0n) is 11.7. The molecule has 0 spiro atoms. The molecule has 2 amide bonds. The molecule has 2 aromatic rings. The van der Waals surface area contributed by atoms with Crippen LogP contribution in [0.15, 0.2) is 53.7 Å². The number of hydrogen-bond acceptors (Lipinski definition) is 4. The Hall–Kier alpha value is -2.41. The van der Waals surface area contributed by atoms with Crippen molar-refractivity contribution in [2.75, 3.05) is 5.75 Å². The Balaban J connectivity index is 1.66. The van der Waals surface area contributed by atoms with Gasteiger partial charge in [0.2, 0.25) is 0 Å². The first-order valence-corrected chi connectivity index (χ1v) is 8.46. The van der Waals surface area contributed by atoms with Crippen LogP contribution in [0.25, 0.3) is 0 Å². The lowest BCUT2D eigenvalue weighted by molar-refractivity contribution is 0.237. The molecule has 3 rings (SSSR count). The first-order valence-electron chi connectivity index (χ1n) is 6.81. The molecule has 2 N–H and O–H groups in total. The largest absolute Gasteiger partial charge is 0.334 e. The van der Waals surface area contributed by atoms with Crippen molar-refractivity contribution >= 4 is 15.9 Å². The molecule has 0 unspecified atom stereocenters. The van der Waals surface area contributed by atoms with Gasteiger partial charge < -0.3 is 10.6 Å². The van der Waals surface area contributed by atoms with Crippen LogP contribution in [0.5, 0.6) is 0 Å². The lowest BCUT2D eigenvalue weighted by Gasteiger charge is -2.13. The van der Waals surface area contributed by atoms with E-state index in [4.69, 9.17) is 0 Å². The van der Waals surface area contributed by atoms with Crippen molar-refractivity contribution < 1.29 is 13.2 Å². The van der Waals surface area contributed by atoms with Gasteiger partial charge in [-0.05, 0) is 23.3 Å². The number of fused-ring (bicyclic) bond motifs is 1. The summed E-state index contributed by atoms with van der Waals surface area (Å²) in [6.07, 6.45) is 3.32. The first-order chi connectivity index (χ1) is 10.6. The van der Waals surface area contributed by atoms with Gasteiger partial charge in [-0.1, -0.05) is 24.3 Å². The highest BCUT2D eigenvalue weighted by molar-refractivity contribution is 7.91. The molecular weight excluding hydrogens is 302 g/mol. The van der Waals surface area contributed by atoms with Crippen molar-refractivity contribution in [2.45, 2.75) is 17.5 Å². The quantitative estimate of drug-likeness (QED) is 0.896. The highest BCUT2D eigenvalue weighted by Gasteiger charge is 2.35. The van der Waals surface area contributed by atoms with Crippen molar-refractivity contribution in [2.24, 2.45) is 0 Å². The molecule has 22 heavy (non-hydrogen) atoms. The van der Waals surface area contributed by atoms with E-state index in [2.05, 4.69) is 15.6 Å². The molecule has 1 aromatic heterocycles. The highest BCUT2D eigenvalue weighted by Crippen LogP contribution is 2.32. The summed E-state index contributed by atoms with van der Waals surface area (Å²) >= 11 is 0. The molecule has 2 heterocycles. The maximum absolute atomic E-state index is 12.0. The van der Waals surface area contributed by atoms with E-state index in [1.807, 2.05) is 6.07 Å². The van der Waals surface area contributed by atoms with Crippen LogP contribution in [-0.2, 0) is 16.4 Å². The Morgan fingerprint density at radius 1 is 1.23 bits per heavy atom. The molecule has 6 nitrogen and oxygen atoms in total. The van der Waals surface area contributed by atoms with Gasteiger partial charge in [0.15, 0.2) is 9.84 Å². The van der Waals surface area contributed by atoms with Crippen LogP contribution in [0.2, 0.25) is 0 Å². The van der Waals surface area contributed by atoms with E-state index >= 15 is 0 Å². The van der Waals surface area contributed by atoms with Crippen molar-refractivity contribution in [1.82, 2.24) is 15.6 Å². The Morgan fingerprint density at radius 3 is 2.82 bits per heavy atom. The minimum atomic E-state index is -3.32. The number of nitrogens with one attached hydrogen (secondary N) is 2. The second-order valence-corrected chi connectivity index (χ2v) is 7.06. The minimum Gasteiger partial charge on any atom is -0.334 e. The van der Waals surface area contributed by atoms with Gasteiger partial charge in [0.25, 0.3) is 0 Å². The Morgan fingerprint density at radius 2 is 2.05 bits per heavy atom. The third-order valence-electron chi connectivity index (χ3n) is 3.50. The number of sulfone groups is 1. The summed E-state index contributed by atoms with van der Waals surface area (Å²) < 4.78 is 24.1. The van der Waals surface area contributed by atoms with Crippen LogP contribution in [0.1, 0.15) is 17.2 Å². The van der Waals surface area contributed by atoms with Gasteiger partial charge in [-0.3, -0.25) is 4.98 Å². The van der Waals surface area contributed by atoms with Gasteiger partial charge in [-0.2, -0.15) is 0 Å². The SMILES string of the molecule is O=C(NCc1cccnc1)N[C@H]1CS(=O)(=O)c2ccccc21. The molecule has 1 aliphatic rings. The third kappa shape index (κ3) is 2.94. The zero-order chi connectivity index (χ0) is 15.6. The van der Waals surface area contributed by atoms with E-state index in [-0.39, 0.29) is 5.75 Å². The highest BCUT2D eigenvalue weighted by atomic mass is 32.2. The summed E-state index contributed by atoms with van der Waals surface area (Å²) in [5.74, 6) is -0.105. The number of rotatable bonds is 3. The standard InChI is InChI=1S/C15H15N3O3S/c19-15(17-9-11-4-3-7-16-8-11)18-13-10-22(20,21)14-6-2-1-5-12(13)14/h1-8,13H,9-10H2,(H2,17,18,19)/t13-/m0/s1. The molecule has 0 bridgehead atoms. The van der Waals surface area contributed by atoms with Crippen LogP contribution in [0, 0.1) is 0 Å². The van der Waals surface area contributed by atoms with Crippen LogP contribution in [0.4, 0.5) is 4.79 Å². The smallest absolute Gasteiger partial charge is 0.315 e. The summed E-state index contributed by atoms with van der Waals surface area (Å²) in [6.45, 7) is 0.334. The summed E-state index contributed by atoms with van der Waals surface area (Å²) in [5.41, 5.74) is 1.51. The maximum Gasteiger partial charge on any atom is 0.315 e. The molecule has 0 radical (unpaired) electrons. The monoisotopic (exact) mass is 317 g/mol. The Bertz CT molecular complexity index is 791. The van der Waals surface area contributed by atoms with Gasteiger partial charge in [0.1, 0.15) is 0 Å². The van der Waals surface area contributed by atoms with Gasteiger partial charge in [0.05, 0.1) is 16.7 Å². The lowest BCUT2D eigenvalue weighted by Crippen LogP contribution is -2.38. The molecule has 0 fully saturated rings. The summed E-state index contributed by atoms with van der Waals surface area (Å²) in [7, 11) is -3.32. The van der Waals surface area contributed by atoms with E-state index in [0.29, 0.717) is 17.0 Å². The third-order valence-corrected chi connectivity index (χ3v) is 5.31. The summed E-state index contributed by atoms with van der Waals surface area (Å²) in [4.78, 5) is 16.2. The fourth-order valence-corrected chi connectivity index (χ4v) is 4.20. The van der Waals surface area contributed by atoms with E-state index in [0.717, 1.165) is 5.56 Å². The molecule has 0 aliphatic carbocycles. The predicted octanol–water partition coefficient (Wildman–Crippen LogP) is 1.41. The molecule has 0 saturated heterocycles. The summed E-state index contributed by atoms with van der Waals surface area (Å²) in [5, 5.41) is 5.41. The fourth-order valence-electron chi connectivity index (χ4n) is 2.46. The number of benzene rings is 1. The van der Waals surface area contributed by atoms with Crippen molar-refractivity contribution in [1.29, 1.82) is 0 Å².